The Morgan fingerprint density at radius 3 is 2.67 bits per heavy atom. The quantitative estimate of drug-likeness (QED) is 0.828. The van der Waals surface area contributed by atoms with E-state index in [1.54, 1.807) is 0 Å². The lowest BCUT2D eigenvalue weighted by Gasteiger charge is -2.03. The van der Waals surface area contributed by atoms with Crippen molar-refractivity contribution in [2.24, 2.45) is 0 Å². The lowest BCUT2D eigenvalue weighted by Crippen LogP contribution is -2.15. The minimum absolute atomic E-state index is 0.0412. The van der Waals surface area contributed by atoms with E-state index in [0.29, 0.717) is 0 Å². The van der Waals surface area contributed by atoms with Crippen molar-refractivity contribution in [1.29, 1.82) is 0 Å². The number of carbonyl (C=O) groups is 2. The molecular weight excluding hydrogens is 236 g/mol. The van der Waals surface area contributed by atoms with Crippen LogP contribution in [0, 0.1) is 0 Å². The molecule has 0 fully saturated rings. The Kier molecular flexibility index (Phi) is 3.24. The first-order valence-corrected chi connectivity index (χ1v) is 4.93. The van der Waals surface area contributed by atoms with Gasteiger partial charge in [0.15, 0.2) is 0 Å². The van der Waals surface area contributed by atoms with Gasteiger partial charge in [-0.3, -0.25) is 9.78 Å². The second-order valence-corrected chi connectivity index (χ2v) is 3.28. The van der Waals surface area contributed by atoms with Gasteiger partial charge in [-0.25, -0.2) is 14.8 Å². The third-order valence-electron chi connectivity index (χ3n) is 2.04. The number of rotatable bonds is 3. The number of hydrogen-bond acceptors (Lipinski definition) is 5. The van der Waals surface area contributed by atoms with Crippen molar-refractivity contribution in [3.63, 3.8) is 0 Å². The number of hydrogen-bond donors (Lipinski definition) is 2. The Hall–Kier alpha value is -2.83. The number of nitrogens with zero attached hydrogens (tertiary/aromatic N) is 3. The molecule has 2 aromatic rings. The summed E-state index contributed by atoms with van der Waals surface area (Å²) in [4.78, 5) is 33.9. The summed E-state index contributed by atoms with van der Waals surface area (Å²) >= 11 is 0. The summed E-state index contributed by atoms with van der Waals surface area (Å²) in [5.41, 5.74) is 0.166. The van der Waals surface area contributed by atoms with E-state index in [1.807, 2.05) is 0 Å². The molecule has 0 radical (unpaired) electrons. The molecule has 0 unspecified atom stereocenters. The molecule has 2 N–H and O–H groups in total. The molecule has 0 saturated heterocycles. The van der Waals surface area contributed by atoms with Gasteiger partial charge in [-0.05, 0) is 12.1 Å². The fraction of sp³-hybridized carbons (Fsp3) is 0. The van der Waals surface area contributed by atoms with Gasteiger partial charge in [0.25, 0.3) is 5.91 Å². The van der Waals surface area contributed by atoms with Crippen molar-refractivity contribution in [3.8, 4) is 0 Å². The second-order valence-electron chi connectivity index (χ2n) is 3.28. The maximum absolute atomic E-state index is 11.7. The Labute approximate surface area is 102 Å². The van der Waals surface area contributed by atoms with E-state index in [1.165, 1.54) is 36.9 Å². The number of amides is 1. The van der Waals surface area contributed by atoms with Gasteiger partial charge >= 0.3 is 5.97 Å². The van der Waals surface area contributed by atoms with Gasteiger partial charge in [0, 0.05) is 18.6 Å². The standard InChI is InChI=1S/C11H8N4O3/c16-10(8-6-12-3-4-13-8)15-9-5-7(11(17)18)1-2-14-9/h1-6H,(H,17,18)(H,14,15,16). The first kappa shape index (κ1) is 11.6. The summed E-state index contributed by atoms with van der Waals surface area (Å²) < 4.78 is 0. The molecular formula is C11H8N4O3. The highest BCUT2D eigenvalue weighted by molar-refractivity contribution is 6.02. The smallest absolute Gasteiger partial charge is 0.335 e. The van der Waals surface area contributed by atoms with Gasteiger partial charge in [-0.1, -0.05) is 0 Å². The molecule has 0 aromatic carbocycles. The van der Waals surface area contributed by atoms with Crippen LogP contribution in [0.2, 0.25) is 0 Å². The van der Waals surface area contributed by atoms with Crippen molar-refractivity contribution < 1.29 is 14.7 Å². The SMILES string of the molecule is O=C(O)c1ccnc(NC(=O)c2cnccn2)c1. The van der Waals surface area contributed by atoms with E-state index in [-0.39, 0.29) is 17.1 Å². The van der Waals surface area contributed by atoms with Crippen LogP contribution < -0.4 is 5.32 Å². The monoisotopic (exact) mass is 244 g/mol. The Morgan fingerprint density at radius 2 is 2.00 bits per heavy atom. The molecule has 0 atom stereocenters. The molecule has 0 spiro atoms. The molecule has 2 aromatic heterocycles. The fourth-order valence-electron chi connectivity index (χ4n) is 1.23. The summed E-state index contributed by atoms with van der Waals surface area (Å²) in [6.45, 7) is 0. The Bertz CT molecular complexity index is 586. The molecule has 1 amide bonds. The van der Waals surface area contributed by atoms with Crippen LogP contribution in [0.4, 0.5) is 5.82 Å². The van der Waals surface area contributed by atoms with Gasteiger partial charge in [0.1, 0.15) is 11.5 Å². The average Bonchev–Trinajstić information content (AvgIpc) is 2.40. The number of aromatic nitrogens is 3. The van der Waals surface area contributed by atoms with E-state index in [4.69, 9.17) is 5.11 Å². The fourth-order valence-corrected chi connectivity index (χ4v) is 1.23. The largest absolute Gasteiger partial charge is 0.478 e. The van der Waals surface area contributed by atoms with Crippen LogP contribution in [0.15, 0.2) is 36.9 Å². The molecule has 0 saturated carbocycles. The number of nitrogens with one attached hydrogen (secondary N) is 1. The molecule has 90 valence electrons. The maximum atomic E-state index is 11.7. The molecule has 18 heavy (non-hydrogen) atoms. The van der Waals surface area contributed by atoms with E-state index in [2.05, 4.69) is 20.3 Å². The van der Waals surface area contributed by atoms with Crippen molar-refractivity contribution in [2.75, 3.05) is 5.32 Å². The third kappa shape index (κ3) is 2.64. The number of anilines is 1. The molecule has 2 rings (SSSR count). The Morgan fingerprint density at radius 1 is 1.17 bits per heavy atom. The van der Waals surface area contributed by atoms with E-state index in [9.17, 15) is 9.59 Å². The van der Waals surface area contributed by atoms with E-state index < -0.39 is 11.9 Å². The third-order valence-corrected chi connectivity index (χ3v) is 2.04. The van der Waals surface area contributed by atoms with Gasteiger partial charge in [-0.15, -0.1) is 0 Å². The van der Waals surface area contributed by atoms with Crippen LogP contribution in [0.1, 0.15) is 20.8 Å². The van der Waals surface area contributed by atoms with Crippen LogP contribution in [0.3, 0.4) is 0 Å². The summed E-state index contributed by atoms with van der Waals surface area (Å²) in [6.07, 6.45) is 5.43. The van der Waals surface area contributed by atoms with Crippen LogP contribution >= 0.6 is 0 Å². The zero-order chi connectivity index (χ0) is 13.0. The number of pyridine rings is 1. The van der Waals surface area contributed by atoms with Gasteiger partial charge < -0.3 is 10.4 Å². The van der Waals surface area contributed by atoms with Gasteiger partial charge in [0.2, 0.25) is 0 Å². The minimum atomic E-state index is -1.09. The predicted octanol–water partition coefficient (Wildman–Crippen LogP) is 0.822. The van der Waals surface area contributed by atoms with E-state index >= 15 is 0 Å². The van der Waals surface area contributed by atoms with Crippen LogP contribution in [0.25, 0.3) is 0 Å². The van der Waals surface area contributed by atoms with Crippen LogP contribution in [0.5, 0.6) is 0 Å². The van der Waals surface area contributed by atoms with Gasteiger partial charge in [-0.2, -0.15) is 0 Å². The lowest BCUT2D eigenvalue weighted by atomic mass is 10.2. The molecule has 7 heteroatoms. The van der Waals surface area contributed by atoms with Crippen LogP contribution in [-0.4, -0.2) is 31.9 Å². The summed E-state index contributed by atoms with van der Waals surface area (Å²) in [5.74, 6) is -1.45. The number of carbonyl (C=O) groups excluding carboxylic acids is 1. The minimum Gasteiger partial charge on any atom is -0.478 e. The highest BCUT2D eigenvalue weighted by atomic mass is 16.4. The predicted molar refractivity (Wildman–Crippen MR) is 61.2 cm³/mol. The normalized spacial score (nSPS) is 9.78. The molecule has 0 bridgehead atoms. The molecule has 0 aliphatic rings. The average molecular weight is 244 g/mol. The topological polar surface area (TPSA) is 105 Å². The van der Waals surface area contributed by atoms with Crippen molar-refractivity contribution in [1.82, 2.24) is 15.0 Å². The van der Waals surface area contributed by atoms with Gasteiger partial charge in [0.05, 0.1) is 11.8 Å². The highest BCUT2D eigenvalue weighted by Crippen LogP contribution is 2.07. The van der Waals surface area contributed by atoms with Crippen LogP contribution in [-0.2, 0) is 0 Å². The Balaban J connectivity index is 2.17. The highest BCUT2D eigenvalue weighted by Gasteiger charge is 2.10. The molecule has 0 aliphatic heterocycles. The second kappa shape index (κ2) is 5.00. The summed E-state index contributed by atoms with van der Waals surface area (Å²) in [7, 11) is 0. The maximum Gasteiger partial charge on any atom is 0.335 e. The van der Waals surface area contributed by atoms with E-state index in [0.717, 1.165) is 0 Å². The number of carboxylic acids is 1. The summed E-state index contributed by atoms with van der Waals surface area (Å²) in [6, 6.07) is 2.59. The molecule has 2 heterocycles. The number of aromatic carboxylic acids is 1. The van der Waals surface area contributed by atoms with Crippen molar-refractivity contribution in [2.45, 2.75) is 0 Å². The first-order chi connectivity index (χ1) is 8.66. The number of carboxylic acid groups (broad SMARTS) is 1. The zero-order valence-corrected chi connectivity index (χ0v) is 9.07. The zero-order valence-electron chi connectivity index (χ0n) is 9.07. The summed E-state index contributed by atoms with van der Waals surface area (Å²) in [5, 5.41) is 11.2. The molecule has 7 nitrogen and oxygen atoms in total. The first-order valence-electron chi connectivity index (χ1n) is 4.93. The van der Waals surface area contributed by atoms with Crippen molar-refractivity contribution in [3.05, 3.63) is 48.2 Å². The molecule has 0 aliphatic carbocycles. The van der Waals surface area contributed by atoms with Crippen molar-refractivity contribution >= 4 is 17.7 Å². The lowest BCUT2D eigenvalue weighted by molar-refractivity contribution is 0.0696.